The zero-order chi connectivity index (χ0) is 29.1. The number of carbonyl (C=O) groups is 1. The van der Waals surface area contributed by atoms with Gasteiger partial charge in [0.25, 0.3) is 0 Å². The highest BCUT2D eigenvalue weighted by Crippen LogP contribution is 2.29. The number of imidazole rings is 1. The summed E-state index contributed by atoms with van der Waals surface area (Å²) in [7, 11) is 0. The molecule has 0 bridgehead atoms. The maximum Gasteiger partial charge on any atom is 0.242 e. The molecule has 0 saturated carbocycles. The second kappa shape index (κ2) is 12.4. The van der Waals surface area contributed by atoms with Crippen LogP contribution in [0.1, 0.15) is 56.1 Å². The Kier molecular flexibility index (Phi) is 8.29. The highest BCUT2D eigenvalue weighted by atomic mass is 32.1. The summed E-state index contributed by atoms with van der Waals surface area (Å²) in [4.78, 5) is 24.7. The van der Waals surface area contributed by atoms with Crippen LogP contribution in [-0.4, -0.2) is 52.4 Å². The molecule has 1 saturated heterocycles. The molecule has 218 valence electrons. The van der Waals surface area contributed by atoms with E-state index in [1.54, 1.807) is 10.9 Å². The monoisotopic (exact) mass is 583 g/mol. The largest absolute Gasteiger partial charge is 0.348 e. The van der Waals surface area contributed by atoms with Crippen LogP contribution in [0.25, 0.3) is 16.9 Å². The minimum absolute atomic E-state index is 0.0817. The first-order valence-corrected chi connectivity index (χ1v) is 15.4. The van der Waals surface area contributed by atoms with Crippen molar-refractivity contribution in [1.29, 1.82) is 0 Å². The zero-order valence-electron chi connectivity index (χ0n) is 24.3. The van der Waals surface area contributed by atoms with Gasteiger partial charge in [0.2, 0.25) is 5.91 Å². The SMILES string of the molecule is CCC1CCCN(Cc2cc(Nc3nc(C)cn4c(-c5cnn(CC(=O)N[C@H](C)c6ccccc6)c5)cnc34)sn2)C1. The molecular formula is C31H37N9OS. The van der Waals surface area contributed by atoms with Crippen LogP contribution in [0.4, 0.5) is 10.8 Å². The number of nitrogens with one attached hydrogen (secondary N) is 2. The molecule has 1 aliphatic rings. The summed E-state index contributed by atoms with van der Waals surface area (Å²) in [6.45, 7) is 9.54. The van der Waals surface area contributed by atoms with Crippen LogP contribution in [0.15, 0.2) is 61.2 Å². The summed E-state index contributed by atoms with van der Waals surface area (Å²) in [5.74, 6) is 1.38. The summed E-state index contributed by atoms with van der Waals surface area (Å²) in [6.07, 6.45) is 11.3. The second-order valence-corrected chi connectivity index (χ2v) is 12.0. The minimum atomic E-state index is -0.0972. The number of aromatic nitrogens is 6. The van der Waals surface area contributed by atoms with Crippen molar-refractivity contribution in [2.24, 2.45) is 5.92 Å². The maximum absolute atomic E-state index is 12.7. The molecule has 2 N–H and O–H groups in total. The molecule has 1 fully saturated rings. The van der Waals surface area contributed by atoms with Crippen molar-refractivity contribution >= 4 is 33.9 Å². The molecule has 5 aromatic rings. The third-order valence-corrected chi connectivity index (χ3v) is 8.63. The molecule has 1 unspecified atom stereocenters. The van der Waals surface area contributed by atoms with Crippen LogP contribution in [0, 0.1) is 12.8 Å². The number of piperidine rings is 1. The van der Waals surface area contributed by atoms with E-state index in [9.17, 15) is 4.79 Å². The molecule has 2 atom stereocenters. The molecule has 0 spiro atoms. The molecule has 10 nitrogen and oxygen atoms in total. The fourth-order valence-corrected chi connectivity index (χ4v) is 6.32. The number of likely N-dealkylation sites (tertiary alicyclic amines) is 1. The molecule has 42 heavy (non-hydrogen) atoms. The number of benzene rings is 1. The predicted molar refractivity (Wildman–Crippen MR) is 166 cm³/mol. The summed E-state index contributed by atoms with van der Waals surface area (Å²) in [5, 5.41) is 11.9. The van der Waals surface area contributed by atoms with Crippen molar-refractivity contribution < 1.29 is 4.79 Å². The van der Waals surface area contributed by atoms with Gasteiger partial charge in [0, 0.05) is 31.0 Å². The van der Waals surface area contributed by atoms with Gasteiger partial charge in [-0.25, -0.2) is 9.97 Å². The lowest BCUT2D eigenvalue weighted by Gasteiger charge is -2.31. The van der Waals surface area contributed by atoms with Crippen LogP contribution >= 0.6 is 11.5 Å². The third kappa shape index (κ3) is 6.37. The van der Waals surface area contributed by atoms with Crippen molar-refractivity contribution in [2.45, 2.75) is 59.2 Å². The van der Waals surface area contributed by atoms with E-state index in [0.29, 0.717) is 5.82 Å². The van der Waals surface area contributed by atoms with Crippen LogP contribution in [0.2, 0.25) is 0 Å². The van der Waals surface area contributed by atoms with Gasteiger partial charge in [0.1, 0.15) is 11.5 Å². The van der Waals surface area contributed by atoms with Gasteiger partial charge in [-0.1, -0.05) is 43.7 Å². The van der Waals surface area contributed by atoms with E-state index >= 15 is 0 Å². The van der Waals surface area contributed by atoms with Crippen molar-refractivity contribution in [1.82, 2.24) is 38.7 Å². The molecule has 4 aromatic heterocycles. The van der Waals surface area contributed by atoms with Gasteiger partial charge >= 0.3 is 0 Å². The first kappa shape index (κ1) is 28.0. The quantitative estimate of drug-likeness (QED) is 0.220. The number of anilines is 2. The van der Waals surface area contributed by atoms with E-state index in [2.05, 4.69) is 33.6 Å². The lowest BCUT2D eigenvalue weighted by molar-refractivity contribution is -0.122. The van der Waals surface area contributed by atoms with E-state index in [1.807, 2.05) is 67.2 Å². The van der Waals surface area contributed by atoms with E-state index < -0.39 is 0 Å². The Balaban J connectivity index is 1.14. The highest BCUT2D eigenvalue weighted by Gasteiger charge is 2.20. The van der Waals surface area contributed by atoms with Crippen molar-refractivity contribution in [3.05, 3.63) is 78.1 Å². The van der Waals surface area contributed by atoms with Crippen LogP contribution in [0.5, 0.6) is 0 Å². The van der Waals surface area contributed by atoms with Crippen LogP contribution in [0.3, 0.4) is 0 Å². The number of fused-ring (bicyclic) bond motifs is 1. The number of amides is 1. The summed E-state index contributed by atoms with van der Waals surface area (Å²) >= 11 is 1.45. The number of hydrogen-bond acceptors (Lipinski definition) is 8. The Hall–Kier alpha value is -4.09. The Morgan fingerprint density at radius 3 is 2.88 bits per heavy atom. The van der Waals surface area contributed by atoms with Gasteiger partial charge in [0.15, 0.2) is 11.5 Å². The molecule has 1 amide bonds. The summed E-state index contributed by atoms with van der Waals surface area (Å²) in [6, 6.07) is 12.0. The Bertz CT molecular complexity index is 1660. The van der Waals surface area contributed by atoms with Crippen molar-refractivity contribution in [2.75, 3.05) is 18.4 Å². The van der Waals surface area contributed by atoms with Crippen molar-refractivity contribution in [3.8, 4) is 11.3 Å². The average Bonchev–Trinajstić information content (AvgIpc) is 3.74. The molecule has 0 radical (unpaired) electrons. The maximum atomic E-state index is 12.7. The van der Waals surface area contributed by atoms with Crippen molar-refractivity contribution in [3.63, 3.8) is 0 Å². The van der Waals surface area contributed by atoms with Gasteiger partial charge in [-0.05, 0) is 62.3 Å². The average molecular weight is 584 g/mol. The number of aryl methyl sites for hydroxylation is 1. The smallest absolute Gasteiger partial charge is 0.242 e. The first-order chi connectivity index (χ1) is 20.4. The highest BCUT2D eigenvalue weighted by molar-refractivity contribution is 7.10. The zero-order valence-corrected chi connectivity index (χ0v) is 25.1. The van der Waals surface area contributed by atoms with Gasteiger partial charge in [0.05, 0.1) is 35.5 Å². The molecule has 1 aromatic carbocycles. The normalized spacial score (nSPS) is 16.5. The summed E-state index contributed by atoms with van der Waals surface area (Å²) < 4.78 is 8.38. The topological polar surface area (TPSA) is 105 Å². The molecule has 0 aliphatic carbocycles. The van der Waals surface area contributed by atoms with Gasteiger partial charge in [-0.15, -0.1) is 0 Å². The second-order valence-electron chi connectivity index (χ2n) is 11.2. The number of hydrogen-bond donors (Lipinski definition) is 2. The third-order valence-electron chi connectivity index (χ3n) is 7.89. The lowest BCUT2D eigenvalue weighted by Crippen LogP contribution is -2.34. The number of carbonyl (C=O) groups excluding carboxylic acids is 1. The standard InChI is InChI=1S/C31H37N9OS/c1-4-23-9-8-12-38(17-23)19-26-13-29(42-37-26)36-30-31-32-15-27(40(31)16-21(2)34-30)25-14-33-39(18-25)20-28(41)35-22(3)24-10-6-5-7-11-24/h5-7,10-11,13-16,18,22-23H,4,8-9,12,17,19-20H2,1-3H3,(H,34,36)(H,35,41)/t22-,23?/m1/s1. The Labute approximate surface area is 250 Å². The van der Waals surface area contributed by atoms with Crippen LogP contribution in [-0.2, 0) is 17.9 Å². The fourth-order valence-electron chi connectivity index (χ4n) is 5.67. The fraction of sp³-hybridized carbons (Fsp3) is 0.387. The first-order valence-electron chi connectivity index (χ1n) is 14.6. The van der Waals surface area contributed by atoms with E-state index in [1.165, 1.54) is 30.8 Å². The molecule has 11 heteroatoms. The Morgan fingerprint density at radius 1 is 1.19 bits per heavy atom. The molecule has 6 rings (SSSR count). The number of rotatable bonds is 10. The van der Waals surface area contributed by atoms with E-state index in [-0.39, 0.29) is 18.5 Å². The minimum Gasteiger partial charge on any atom is -0.348 e. The van der Waals surface area contributed by atoms with Gasteiger partial charge in [-0.2, -0.15) is 9.47 Å². The van der Waals surface area contributed by atoms with E-state index in [4.69, 9.17) is 14.3 Å². The lowest BCUT2D eigenvalue weighted by atomic mass is 9.95. The van der Waals surface area contributed by atoms with Crippen LogP contribution < -0.4 is 10.6 Å². The Morgan fingerprint density at radius 2 is 2.05 bits per heavy atom. The van der Waals surface area contributed by atoms with Gasteiger partial charge < -0.3 is 10.6 Å². The van der Waals surface area contributed by atoms with E-state index in [0.717, 1.165) is 64.4 Å². The number of nitrogens with zero attached hydrogens (tertiary/aromatic N) is 7. The predicted octanol–water partition coefficient (Wildman–Crippen LogP) is 5.60. The molecule has 1 aliphatic heterocycles. The summed E-state index contributed by atoms with van der Waals surface area (Å²) in [5.41, 5.74) is 5.47. The molecule has 5 heterocycles. The van der Waals surface area contributed by atoms with Gasteiger partial charge in [-0.3, -0.25) is 18.8 Å². The molecular weight excluding hydrogens is 546 g/mol.